The van der Waals surface area contributed by atoms with Gasteiger partial charge in [-0.25, -0.2) is 0 Å². The molecule has 0 radical (unpaired) electrons. The number of aromatic nitrogens is 1. The molecule has 49 heavy (non-hydrogen) atoms. The fourth-order valence-corrected chi connectivity index (χ4v) is 7.08. The van der Waals surface area contributed by atoms with Gasteiger partial charge in [0.2, 0.25) is 0 Å². The molecule has 8 aromatic rings. The molecule has 4 heteroatoms. The topological polar surface area (TPSA) is 61.1 Å². The smallest absolute Gasteiger partial charge is 0.116 e. The van der Waals surface area contributed by atoms with Crippen LogP contribution in [0.4, 0.5) is 5.69 Å². The summed E-state index contributed by atoms with van der Waals surface area (Å²) in [6.07, 6.45) is 7.81. The molecule has 0 spiro atoms. The Balaban J connectivity index is 1.23. The number of nitrogens with one attached hydrogen (secondary N) is 2. The Kier molecular flexibility index (Phi) is 6.91. The predicted molar refractivity (Wildman–Crippen MR) is 207 cm³/mol. The molecule has 1 aliphatic rings. The van der Waals surface area contributed by atoms with Crippen molar-refractivity contribution in [3.05, 3.63) is 181 Å². The van der Waals surface area contributed by atoms with Crippen LogP contribution in [0.25, 0.3) is 65.4 Å². The van der Waals surface area contributed by atoms with E-state index in [1.807, 2.05) is 36.5 Å². The van der Waals surface area contributed by atoms with Crippen molar-refractivity contribution in [3.63, 3.8) is 0 Å². The third kappa shape index (κ3) is 5.07. The number of nitrogens with zero attached hydrogens (tertiary/aromatic N) is 2. The highest BCUT2D eigenvalue weighted by molar-refractivity contribution is 6.63. The molecular formula is C45H30N4. The van der Waals surface area contributed by atoms with Gasteiger partial charge in [0.15, 0.2) is 0 Å². The van der Waals surface area contributed by atoms with Crippen molar-refractivity contribution in [2.75, 3.05) is 5.43 Å². The van der Waals surface area contributed by atoms with Crippen molar-refractivity contribution in [1.82, 2.24) is 4.98 Å². The van der Waals surface area contributed by atoms with Gasteiger partial charge in [-0.05, 0) is 113 Å². The average Bonchev–Trinajstić information content (AvgIpc) is 3.17. The maximum Gasteiger partial charge on any atom is 0.116 e. The van der Waals surface area contributed by atoms with Crippen LogP contribution in [0.15, 0.2) is 175 Å². The molecule has 0 amide bonds. The molecule has 4 nitrogen and oxygen atoms in total. The van der Waals surface area contributed by atoms with Crippen LogP contribution in [0.5, 0.6) is 0 Å². The summed E-state index contributed by atoms with van der Waals surface area (Å²) in [4.78, 5) is 4.25. The monoisotopic (exact) mass is 626 g/mol. The number of rotatable bonds is 5. The highest BCUT2D eigenvalue weighted by Crippen LogP contribution is 2.39. The molecule has 2 N–H and O–H groups in total. The fourth-order valence-electron chi connectivity index (χ4n) is 7.08. The minimum atomic E-state index is 0.349. The molecule has 1 heterocycles. The van der Waals surface area contributed by atoms with E-state index >= 15 is 0 Å². The van der Waals surface area contributed by atoms with E-state index in [1.165, 1.54) is 26.9 Å². The number of hydrogen-bond acceptors (Lipinski definition) is 4. The lowest BCUT2D eigenvalue weighted by molar-refractivity contribution is 1.32. The highest BCUT2D eigenvalue weighted by atomic mass is 15.3. The summed E-state index contributed by atoms with van der Waals surface area (Å²) in [5.74, 6) is 0. The van der Waals surface area contributed by atoms with Crippen LogP contribution in [-0.2, 0) is 0 Å². The van der Waals surface area contributed by atoms with Crippen LogP contribution >= 0.6 is 0 Å². The summed E-state index contributed by atoms with van der Waals surface area (Å²) in [5, 5.41) is 23.8. The second kappa shape index (κ2) is 11.9. The molecule has 0 atom stereocenters. The number of allylic oxidation sites excluding steroid dienone is 4. The van der Waals surface area contributed by atoms with E-state index in [0.29, 0.717) is 11.4 Å². The van der Waals surface area contributed by atoms with Gasteiger partial charge in [-0.15, -0.1) is 0 Å². The maximum atomic E-state index is 9.46. The first-order valence-electron chi connectivity index (χ1n) is 16.4. The summed E-state index contributed by atoms with van der Waals surface area (Å²) in [6, 6.07) is 50.7. The standard InChI is InChI=1S/C45H30N4/c46-44-27-33(41-24-30-10-1-3-13-35(30)37-15-5-7-17-39(37)41)26-43(42-25-31-11-2-4-14-36(31)38-16-6-8-18-40(38)42)45(44)49-48-34-21-19-29(20-22-34)32-12-9-23-47-28-32/h1-28,46,48H/b46-44?,49-45-. The molecule has 0 bridgehead atoms. The van der Waals surface area contributed by atoms with E-state index < -0.39 is 0 Å². The zero-order valence-corrected chi connectivity index (χ0v) is 26.6. The van der Waals surface area contributed by atoms with Crippen LogP contribution in [0.2, 0.25) is 0 Å². The van der Waals surface area contributed by atoms with E-state index in [1.54, 1.807) is 6.20 Å². The van der Waals surface area contributed by atoms with Gasteiger partial charge in [0, 0.05) is 18.0 Å². The highest BCUT2D eigenvalue weighted by Gasteiger charge is 2.24. The van der Waals surface area contributed by atoms with Crippen molar-refractivity contribution in [2.24, 2.45) is 5.10 Å². The zero-order chi connectivity index (χ0) is 32.7. The van der Waals surface area contributed by atoms with Gasteiger partial charge < -0.3 is 0 Å². The Morgan fingerprint density at radius 1 is 0.510 bits per heavy atom. The van der Waals surface area contributed by atoms with E-state index in [2.05, 4.69) is 138 Å². The maximum absolute atomic E-state index is 9.46. The molecule has 1 aliphatic carbocycles. The summed E-state index contributed by atoms with van der Waals surface area (Å²) in [5.41, 5.74) is 11.2. The molecular weight excluding hydrogens is 597 g/mol. The Bertz CT molecular complexity index is 2680. The molecule has 230 valence electrons. The van der Waals surface area contributed by atoms with Crippen molar-refractivity contribution >= 4 is 71.3 Å². The minimum absolute atomic E-state index is 0.349. The first-order valence-corrected chi connectivity index (χ1v) is 16.4. The normalized spacial score (nSPS) is 14.0. The number of pyridine rings is 1. The Morgan fingerprint density at radius 3 is 1.71 bits per heavy atom. The minimum Gasteiger partial charge on any atom is -0.299 e. The predicted octanol–water partition coefficient (Wildman–Crippen LogP) is 11.3. The fraction of sp³-hybridized carbons (Fsp3) is 0. The summed E-state index contributed by atoms with van der Waals surface area (Å²) >= 11 is 0. The Labute approximate surface area is 283 Å². The van der Waals surface area contributed by atoms with Gasteiger partial charge >= 0.3 is 0 Å². The third-order valence-electron chi connectivity index (χ3n) is 9.42. The van der Waals surface area contributed by atoms with Gasteiger partial charge in [-0.1, -0.05) is 115 Å². The number of benzene rings is 7. The van der Waals surface area contributed by atoms with Gasteiger partial charge in [0.1, 0.15) is 5.71 Å². The molecule has 9 rings (SSSR count). The van der Waals surface area contributed by atoms with Crippen LogP contribution < -0.4 is 5.43 Å². The molecule has 7 aromatic carbocycles. The van der Waals surface area contributed by atoms with Crippen LogP contribution in [-0.4, -0.2) is 16.4 Å². The second-order valence-corrected chi connectivity index (χ2v) is 12.3. The van der Waals surface area contributed by atoms with Gasteiger partial charge in [-0.3, -0.25) is 15.8 Å². The quantitative estimate of drug-likeness (QED) is 0.113. The number of hydrazone groups is 1. The van der Waals surface area contributed by atoms with Crippen LogP contribution in [0.3, 0.4) is 0 Å². The Hall–Kier alpha value is -6.65. The van der Waals surface area contributed by atoms with Crippen molar-refractivity contribution in [2.45, 2.75) is 0 Å². The Morgan fingerprint density at radius 2 is 1.08 bits per heavy atom. The third-order valence-corrected chi connectivity index (χ3v) is 9.42. The van der Waals surface area contributed by atoms with Crippen molar-refractivity contribution in [1.29, 1.82) is 5.41 Å². The average molecular weight is 627 g/mol. The first-order chi connectivity index (χ1) is 24.2. The summed E-state index contributed by atoms with van der Waals surface area (Å²) in [7, 11) is 0. The van der Waals surface area contributed by atoms with E-state index in [-0.39, 0.29) is 0 Å². The first kappa shape index (κ1) is 28.6. The van der Waals surface area contributed by atoms with E-state index in [9.17, 15) is 5.41 Å². The van der Waals surface area contributed by atoms with Gasteiger partial charge in [-0.2, -0.15) is 5.10 Å². The van der Waals surface area contributed by atoms with E-state index in [4.69, 9.17) is 5.10 Å². The number of anilines is 1. The molecule has 0 saturated heterocycles. The number of fused-ring (bicyclic) bond motifs is 6. The molecule has 0 saturated carbocycles. The lowest BCUT2D eigenvalue weighted by Crippen LogP contribution is -2.19. The van der Waals surface area contributed by atoms with Crippen LogP contribution in [0, 0.1) is 5.41 Å². The SMILES string of the molecule is N=C1C=C(c2cc3ccccc3c3ccccc23)C=C(c2cc3ccccc3c3ccccc23)/C1=N/Nc1ccc(-c2cccnc2)cc1. The number of hydrogen-bond donors (Lipinski definition) is 2. The summed E-state index contributed by atoms with van der Waals surface area (Å²) in [6.45, 7) is 0. The molecule has 1 aromatic heterocycles. The lowest BCUT2D eigenvalue weighted by atomic mass is 9.83. The van der Waals surface area contributed by atoms with Gasteiger partial charge in [0.25, 0.3) is 0 Å². The molecule has 0 aliphatic heterocycles. The van der Waals surface area contributed by atoms with Crippen LogP contribution in [0.1, 0.15) is 11.1 Å². The lowest BCUT2D eigenvalue weighted by Gasteiger charge is -2.21. The summed E-state index contributed by atoms with van der Waals surface area (Å²) < 4.78 is 0. The van der Waals surface area contributed by atoms with E-state index in [0.717, 1.165) is 55.2 Å². The largest absolute Gasteiger partial charge is 0.299 e. The molecule has 0 unspecified atom stereocenters. The van der Waals surface area contributed by atoms with Crippen molar-refractivity contribution < 1.29 is 0 Å². The van der Waals surface area contributed by atoms with Gasteiger partial charge in [0.05, 0.1) is 11.4 Å². The second-order valence-electron chi connectivity index (χ2n) is 12.3. The zero-order valence-electron chi connectivity index (χ0n) is 26.6. The molecule has 0 fully saturated rings. The van der Waals surface area contributed by atoms with Crippen molar-refractivity contribution in [3.8, 4) is 11.1 Å².